The molecule has 1 saturated heterocycles. The molecule has 2 nitrogen and oxygen atoms in total. The maximum atomic E-state index is 11.4. The van der Waals surface area contributed by atoms with E-state index in [1.54, 1.807) is 4.90 Å². The molecule has 1 heterocycles. The summed E-state index contributed by atoms with van der Waals surface area (Å²) in [6.07, 6.45) is 5.72. The molecule has 1 fully saturated rings. The van der Waals surface area contributed by atoms with Gasteiger partial charge in [-0.1, -0.05) is 12.2 Å². The fraction of sp³-hybridized carbons (Fsp3) is 0.667. The Bertz CT molecular complexity index is 191. The van der Waals surface area contributed by atoms with Crippen molar-refractivity contribution in [3.05, 3.63) is 12.2 Å². The zero-order valence-corrected chi connectivity index (χ0v) is 8.05. The summed E-state index contributed by atoms with van der Waals surface area (Å²) < 4.78 is 0. The maximum Gasteiger partial charge on any atom is 0.225 e. The van der Waals surface area contributed by atoms with E-state index in [4.69, 9.17) is 11.6 Å². The van der Waals surface area contributed by atoms with Gasteiger partial charge in [-0.15, -0.1) is 11.6 Å². The van der Waals surface area contributed by atoms with Crippen LogP contribution in [0.4, 0.5) is 0 Å². The van der Waals surface area contributed by atoms with Crippen molar-refractivity contribution in [3.63, 3.8) is 0 Å². The highest BCUT2D eigenvalue weighted by molar-refractivity contribution is 6.18. The molecule has 1 rings (SSSR count). The van der Waals surface area contributed by atoms with Crippen LogP contribution >= 0.6 is 11.6 Å². The predicted octanol–water partition coefficient (Wildman–Crippen LogP) is 1.65. The number of hydrogen-bond acceptors (Lipinski definition) is 1. The molecule has 1 aliphatic rings. The molecule has 0 spiro atoms. The fourth-order valence-electron chi connectivity index (χ4n) is 1.44. The lowest BCUT2D eigenvalue weighted by Crippen LogP contribution is -2.22. The molecule has 1 amide bonds. The van der Waals surface area contributed by atoms with E-state index in [9.17, 15) is 4.79 Å². The number of amides is 1. The Balaban J connectivity index is 2.34. The molecule has 1 unspecified atom stereocenters. The molecule has 1 atom stereocenters. The lowest BCUT2D eigenvalue weighted by Gasteiger charge is -2.07. The van der Waals surface area contributed by atoms with Gasteiger partial charge in [-0.25, -0.2) is 0 Å². The van der Waals surface area contributed by atoms with Crippen molar-refractivity contribution in [2.75, 3.05) is 19.5 Å². The summed E-state index contributed by atoms with van der Waals surface area (Å²) in [6.45, 7) is 0.901. The van der Waals surface area contributed by atoms with Crippen LogP contribution in [-0.4, -0.2) is 30.3 Å². The monoisotopic (exact) mass is 187 g/mol. The van der Waals surface area contributed by atoms with Crippen LogP contribution in [0.1, 0.15) is 12.8 Å². The van der Waals surface area contributed by atoms with Crippen molar-refractivity contribution in [2.45, 2.75) is 12.8 Å². The Morgan fingerprint density at radius 3 is 2.92 bits per heavy atom. The van der Waals surface area contributed by atoms with Gasteiger partial charge in [0.1, 0.15) is 0 Å². The summed E-state index contributed by atoms with van der Waals surface area (Å²) >= 11 is 5.47. The van der Waals surface area contributed by atoms with Crippen molar-refractivity contribution in [3.8, 4) is 0 Å². The highest BCUT2D eigenvalue weighted by Gasteiger charge is 2.27. The fourth-order valence-corrected chi connectivity index (χ4v) is 1.56. The van der Waals surface area contributed by atoms with Gasteiger partial charge in [0, 0.05) is 25.4 Å². The molecule has 12 heavy (non-hydrogen) atoms. The molecular formula is C9H14ClNO. The van der Waals surface area contributed by atoms with Crippen LogP contribution in [0.5, 0.6) is 0 Å². The average Bonchev–Trinajstić information content (AvgIpc) is 2.36. The second-order valence-corrected chi connectivity index (χ2v) is 3.42. The van der Waals surface area contributed by atoms with Gasteiger partial charge in [-0.3, -0.25) is 4.79 Å². The van der Waals surface area contributed by atoms with E-state index in [0.29, 0.717) is 5.88 Å². The molecule has 0 N–H and O–H groups in total. The first-order valence-electron chi connectivity index (χ1n) is 4.21. The number of carbonyl (C=O) groups is 1. The third-order valence-electron chi connectivity index (χ3n) is 2.21. The maximum absolute atomic E-state index is 11.4. The second-order valence-electron chi connectivity index (χ2n) is 3.11. The lowest BCUT2D eigenvalue weighted by molar-refractivity contribution is -0.129. The number of carbonyl (C=O) groups excluding carboxylic acids is 1. The van der Waals surface area contributed by atoms with Crippen molar-refractivity contribution >= 4 is 17.5 Å². The minimum atomic E-state index is 0.203. The normalized spacial score (nSPS) is 24.3. The predicted molar refractivity (Wildman–Crippen MR) is 50.2 cm³/mol. The van der Waals surface area contributed by atoms with E-state index in [1.807, 2.05) is 19.2 Å². The van der Waals surface area contributed by atoms with Crippen molar-refractivity contribution in [2.24, 2.45) is 5.92 Å². The van der Waals surface area contributed by atoms with Crippen LogP contribution in [0.2, 0.25) is 0 Å². The summed E-state index contributed by atoms with van der Waals surface area (Å²) in [4.78, 5) is 13.1. The zero-order valence-electron chi connectivity index (χ0n) is 7.29. The van der Waals surface area contributed by atoms with E-state index in [0.717, 1.165) is 19.4 Å². The van der Waals surface area contributed by atoms with Gasteiger partial charge >= 0.3 is 0 Å². The molecule has 1 aliphatic heterocycles. The van der Waals surface area contributed by atoms with Crippen LogP contribution < -0.4 is 0 Å². The molecule has 3 heteroatoms. The smallest absolute Gasteiger partial charge is 0.225 e. The van der Waals surface area contributed by atoms with Crippen LogP contribution in [0.15, 0.2) is 12.2 Å². The molecule has 68 valence electrons. The largest absolute Gasteiger partial charge is 0.345 e. The van der Waals surface area contributed by atoms with Crippen molar-refractivity contribution < 1.29 is 4.79 Å². The van der Waals surface area contributed by atoms with Crippen LogP contribution in [0, 0.1) is 5.92 Å². The SMILES string of the molecule is CN1CCC(C/C=C/CCl)C1=O. The Labute approximate surface area is 78.2 Å². The number of rotatable bonds is 3. The van der Waals surface area contributed by atoms with Gasteiger partial charge in [0.05, 0.1) is 0 Å². The number of hydrogen-bond donors (Lipinski definition) is 0. The van der Waals surface area contributed by atoms with Crippen molar-refractivity contribution in [1.82, 2.24) is 4.90 Å². The quantitative estimate of drug-likeness (QED) is 0.486. The number of halogens is 1. The number of likely N-dealkylation sites (tertiary alicyclic amines) is 1. The average molecular weight is 188 g/mol. The van der Waals surface area contributed by atoms with E-state index in [1.165, 1.54) is 0 Å². The van der Waals surface area contributed by atoms with Crippen LogP contribution in [0.3, 0.4) is 0 Å². The van der Waals surface area contributed by atoms with Crippen LogP contribution in [0.25, 0.3) is 0 Å². The summed E-state index contributed by atoms with van der Waals surface area (Å²) in [5.74, 6) is 1.01. The Hall–Kier alpha value is -0.500. The van der Waals surface area contributed by atoms with E-state index in [2.05, 4.69) is 0 Å². The second kappa shape index (κ2) is 4.51. The minimum Gasteiger partial charge on any atom is -0.345 e. The summed E-state index contributed by atoms with van der Waals surface area (Å²) in [7, 11) is 1.85. The number of allylic oxidation sites excluding steroid dienone is 2. The summed E-state index contributed by atoms with van der Waals surface area (Å²) in [5, 5.41) is 0. The van der Waals surface area contributed by atoms with Crippen LogP contribution in [-0.2, 0) is 4.79 Å². The molecule has 0 bridgehead atoms. The third kappa shape index (κ3) is 2.24. The van der Waals surface area contributed by atoms with Gasteiger partial charge in [0.15, 0.2) is 0 Å². The summed E-state index contributed by atoms with van der Waals surface area (Å²) in [6, 6.07) is 0. The number of alkyl halides is 1. The first-order chi connectivity index (χ1) is 5.75. The van der Waals surface area contributed by atoms with Gasteiger partial charge in [0.25, 0.3) is 0 Å². The van der Waals surface area contributed by atoms with Gasteiger partial charge in [0.2, 0.25) is 5.91 Å². The molecule has 0 aliphatic carbocycles. The van der Waals surface area contributed by atoms with Gasteiger partial charge in [-0.05, 0) is 12.8 Å². The Morgan fingerprint density at radius 2 is 2.42 bits per heavy atom. The Morgan fingerprint density at radius 1 is 1.67 bits per heavy atom. The molecule has 0 radical (unpaired) electrons. The summed E-state index contributed by atoms with van der Waals surface area (Å²) in [5.41, 5.74) is 0. The molecule has 0 aromatic heterocycles. The van der Waals surface area contributed by atoms with E-state index >= 15 is 0 Å². The Kier molecular flexibility index (Phi) is 3.60. The van der Waals surface area contributed by atoms with Gasteiger partial charge in [-0.2, -0.15) is 0 Å². The van der Waals surface area contributed by atoms with E-state index < -0.39 is 0 Å². The molecule has 0 saturated carbocycles. The highest BCUT2D eigenvalue weighted by atomic mass is 35.5. The highest BCUT2D eigenvalue weighted by Crippen LogP contribution is 2.19. The first-order valence-corrected chi connectivity index (χ1v) is 4.75. The van der Waals surface area contributed by atoms with E-state index in [-0.39, 0.29) is 11.8 Å². The zero-order chi connectivity index (χ0) is 8.97. The number of nitrogens with zero attached hydrogens (tertiary/aromatic N) is 1. The third-order valence-corrected chi connectivity index (χ3v) is 2.39. The standard InChI is InChI=1S/C9H14ClNO/c1-11-7-5-8(9(11)12)4-2-3-6-10/h2-3,8H,4-7H2,1H3/b3-2+. The topological polar surface area (TPSA) is 20.3 Å². The lowest BCUT2D eigenvalue weighted by atomic mass is 10.0. The minimum absolute atomic E-state index is 0.203. The molecule has 0 aromatic rings. The van der Waals surface area contributed by atoms with Crippen molar-refractivity contribution in [1.29, 1.82) is 0 Å². The molecular weight excluding hydrogens is 174 g/mol. The molecule has 0 aromatic carbocycles. The van der Waals surface area contributed by atoms with Gasteiger partial charge < -0.3 is 4.90 Å². The first kappa shape index (κ1) is 9.59.